The molecule has 1 aliphatic rings. The summed E-state index contributed by atoms with van der Waals surface area (Å²) < 4.78 is 13.3. The van der Waals surface area contributed by atoms with Gasteiger partial charge in [-0.3, -0.25) is 9.36 Å². The predicted molar refractivity (Wildman–Crippen MR) is 147 cm³/mol. The van der Waals surface area contributed by atoms with Crippen molar-refractivity contribution in [3.05, 3.63) is 108 Å². The number of allylic oxidation sites excluding steroid dienone is 1. The molecule has 188 valence electrons. The number of esters is 1. The van der Waals surface area contributed by atoms with Crippen LogP contribution in [-0.4, -0.2) is 23.8 Å². The maximum atomic E-state index is 13.9. The number of aromatic nitrogens is 1. The van der Waals surface area contributed by atoms with E-state index in [1.54, 1.807) is 30.5 Å². The number of ether oxygens (including phenoxy) is 2. The van der Waals surface area contributed by atoms with Gasteiger partial charge >= 0.3 is 5.97 Å². The lowest BCUT2D eigenvalue weighted by atomic mass is 9.96. The molecule has 1 unspecified atom stereocenters. The Bertz CT molecular complexity index is 1720. The first-order valence-corrected chi connectivity index (χ1v) is 13.2. The van der Waals surface area contributed by atoms with E-state index in [2.05, 4.69) is 4.99 Å². The first-order chi connectivity index (χ1) is 17.9. The van der Waals surface area contributed by atoms with Crippen LogP contribution in [0.3, 0.4) is 0 Å². The summed E-state index contributed by atoms with van der Waals surface area (Å²) in [6.45, 7) is 6.16. The zero-order valence-corrected chi connectivity index (χ0v) is 22.2. The van der Waals surface area contributed by atoms with E-state index in [0.29, 0.717) is 38.0 Å². The quantitative estimate of drug-likeness (QED) is 0.328. The highest BCUT2D eigenvalue weighted by atomic mass is 35.5. The summed E-state index contributed by atoms with van der Waals surface area (Å²) in [6, 6.07) is 18.4. The number of thiazole rings is 1. The summed E-state index contributed by atoms with van der Waals surface area (Å²) >= 11 is 7.42. The molecule has 37 heavy (non-hydrogen) atoms. The molecule has 0 bridgehead atoms. The van der Waals surface area contributed by atoms with E-state index in [-0.39, 0.29) is 12.2 Å². The van der Waals surface area contributed by atoms with Crippen molar-refractivity contribution in [3.8, 4) is 5.75 Å². The monoisotopic (exact) mass is 532 g/mol. The van der Waals surface area contributed by atoms with Crippen LogP contribution in [-0.2, 0) is 9.53 Å². The van der Waals surface area contributed by atoms with E-state index in [1.807, 2.05) is 61.5 Å². The minimum atomic E-state index is -0.686. The van der Waals surface area contributed by atoms with Crippen LogP contribution >= 0.6 is 22.9 Å². The largest absolute Gasteiger partial charge is 0.493 e. The number of halogens is 1. The molecule has 0 spiro atoms. The number of hydrogen-bond donors (Lipinski definition) is 0. The lowest BCUT2D eigenvalue weighted by molar-refractivity contribution is -0.139. The molecule has 1 aliphatic heterocycles. The van der Waals surface area contributed by atoms with Crippen LogP contribution in [0.1, 0.15) is 37.9 Å². The van der Waals surface area contributed by atoms with Crippen molar-refractivity contribution in [2.45, 2.75) is 26.8 Å². The van der Waals surface area contributed by atoms with E-state index in [9.17, 15) is 9.59 Å². The standard InChI is InChI=1S/C29H25ClN2O4S/c1-4-35-23-15-12-18-8-6-7-9-21(18)22(23)16-24-27(33)32-26(19-10-13-20(30)14-11-19)25(28(34)36-5-2)17(3)31-29(32)37-24/h6-16,26H,4-5H2,1-3H3. The molecule has 8 heteroatoms. The Morgan fingerprint density at radius 3 is 2.57 bits per heavy atom. The van der Waals surface area contributed by atoms with Gasteiger partial charge in [0.2, 0.25) is 0 Å². The van der Waals surface area contributed by atoms with Crippen LogP contribution in [0, 0.1) is 0 Å². The van der Waals surface area contributed by atoms with Crippen LogP contribution < -0.4 is 19.6 Å². The zero-order chi connectivity index (χ0) is 26.1. The lowest BCUT2D eigenvalue weighted by Gasteiger charge is -2.24. The molecule has 1 atom stereocenters. The second-order valence-electron chi connectivity index (χ2n) is 8.49. The Kier molecular flexibility index (Phi) is 7.00. The molecule has 6 nitrogen and oxygen atoms in total. The van der Waals surface area contributed by atoms with Crippen molar-refractivity contribution in [3.63, 3.8) is 0 Å². The molecule has 0 saturated carbocycles. The van der Waals surface area contributed by atoms with Gasteiger partial charge in [0.05, 0.1) is 35.1 Å². The fraction of sp³-hybridized carbons (Fsp3) is 0.207. The van der Waals surface area contributed by atoms with Gasteiger partial charge in [0, 0.05) is 10.6 Å². The molecule has 4 aromatic rings. The van der Waals surface area contributed by atoms with E-state index in [1.165, 1.54) is 11.3 Å². The molecule has 0 N–H and O–H groups in total. The summed E-state index contributed by atoms with van der Waals surface area (Å²) in [5.74, 6) is 0.204. The van der Waals surface area contributed by atoms with Crippen molar-refractivity contribution in [1.29, 1.82) is 0 Å². The van der Waals surface area contributed by atoms with E-state index in [0.717, 1.165) is 21.9 Å². The number of rotatable bonds is 6. The Morgan fingerprint density at radius 1 is 1.08 bits per heavy atom. The van der Waals surface area contributed by atoms with Crippen LogP contribution in [0.2, 0.25) is 5.02 Å². The highest BCUT2D eigenvalue weighted by Gasteiger charge is 2.33. The Hall–Kier alpha value is -3.68. The van der Waals surface area contributed by atoms with Crippen LogP contribution in [0.4, 0.5) is 0 Å². The third kappa shape index (κ3) is 4.61. The normalized spacial score (nSPS) is 15.5. The molecule has 0 amide bonds. The predicted octanol–water partition coefficient (Wildman–Crippen LogP) is 5.00. The molecule has 0 saturated heterocycles. The average Bonchev–Trinajstić information content (AvgIpc) is 3.19. The summed E-state index contributed by atoms with van der Waals surface area (Å²) in [5.41, 5.74) is 2.19. The Labute approximate surface area is 222 Å². The second kappa shape index (κ2) is 10.4. The van der Waals surface area contributed by atoms with Crippen LogP contribution in [0.5, 0.6) is 5.75 Å². The fourth-order valence-corrected chi connectivity index (χ4v) is 5.74. The maximum absolute atomic E-state index is 13.9. The first-order valence-electron chi connectivity index (χ1n) is 12.0. The minimum absolute atomic E-state index is 0.217. The summed E-state index contributed by atoms with van der Waals surface area (Å²) in [7, 11) is 0. The third-order valence-corrected chi connectivity index (χ3v) is 7.44. The highest BCUT2D eigenvalue weighted by Crippen LogP contribution is 2.32. The van der Waals surface area contributed by atoms with Gasteiger partial charge in [-0.15, -0.1) is 0 Å². The van der Waals surface area contributed by atoms with Crippen LogP contribution in [0.15, 0.2) is 81.7 Å². The number of carbonyl (C=O) groups excluding carboxylic acids is 1. The van der Waals surface area contributed by atoms with Crippen molar-refractivity contribution in [2.24, 2.45) is 4.99 Å². The third-order valence-electron chi connectivity index (χ3n) is 6.21. The molecular formula is C29H25ClN2O4S. The highest BCUT2D eigenvalue weighted by molar-refractivity contribution is 7.07. The van der Waals surface area contributed by atoms with Gasteiger partial charge in [-0.25, -0.2) is 9.79 Å². The smallest absolute Gasteiger partial charge is 0.338 e. The van der Waals surface area contributed by atoms with Gasteiger partial charge in [-0.1, -0.05) is 65.4 Å². The number of nitrogens with zero attached hydrogens (tertiary/aromatic N) is 2. The fourth-order valence-electron chi connectivity index (χ4n) is 4.59. The molecular weight excluding hydrogens is 508 g/mol. The lowest BCUT2D eigenvalue weighted by Crippen LogP contribution is -2.39. The van der Waals surface area contributed by atoms with Gasteiger partial charge in [0.15, 0.2) is 4.80 Å². The van der Waals surface area contributed by atoms with Gasteiger partial charge in [0.1, 0.15) is 5.75 Å². The average molecular weight is 533 g/mol. The van der Waals surface area contributed by atoms with Gasteiger partial charge in [0.25, 0.3) is 5.56 Å². The minimum Gasteiger partial charge on any atom is -0.493 e. The molecule has 0 fully saturated rings. The summed E-state index contributed by atoms with van der Waals surface area (Å²) in [4.78, 5) is 32.2. The van der Waals surface area contributed by atoms with E-state index >= 15 is 0 Å². The first kappa shape index (κ1) is 25.0. The SMILES string of the molecule is CCOC(=O)C1=C(C)N=c2sc(=Cc3c(OCC)ccc4ccccc34)c(=O)n2C1c1ccc(Cl)cc1. The molecule has 1 aromatic heterocycles. The molecule has 2 heterocycles. The van der Waals surface area contributed by atoms with Crippen molar-refractivity contribution in [1.82, 2.24) is 4.57 Å². The number of benzene rings is 3. The summed E-state index contributed by atoms with van der Waals surface area (Å²) in [5, 5.41) is 2.59. The Balaban J connectivity index is 1.77. The topological polar surface area (TPSA) is 69.9 Å². The molecule has 0 radical (unpaired) electrons. The van der Waals surface area contributed by atoms with E-state index in [4.69, 9.17) is 21.1 Å². The molecule has 5 rings (SSSR count). The Morgan fingerprint density at radius 2 is 1.84 bits per heavy atom. The van der Waals surface area contributed by atoms with Crippen molar-refractivity contribution in [2.75, 3.05) is 13.2 Å². The summed E-state index contributed by atoms with van der Waals surface area (Å²) in [6.07, 6.45) is 1.86. The van der Waals surface area contributed by atoms with Crippen molar-refractivity contribution >= 4 is 45.8 Å². The van der Waals surface area contributed by atoms with Crippen LogP contribution in [0.25, 0.3) is 16.8 Å². The molecule has 3 aromatic carbocycles. The van der Waals surface area contributed by atoms with E-state index < -0.39 is 12.0 Å². The molecule has 0 aliphatic carbocycles. The zero-order valence-electron chi connectivity index (χ0n) is 20.7. The number of fused-ring (bicyclic) bond motifs is 2. The number of hydrogen-bond acceptors (Lipinski definition) is 6. The number of carbonyl (C=O) groups is 1. The van der Waals surface area contributed by atoms with Gasteiger partial charge < -0.3 is 9.47 Å². The van der Waals surface area contributed by atoms with Gasteiger partial charge in [-0.05, 0) is 61.4 Å². The van der Waals surface area contributed by atoms with Crippen molar-refractivity contribution < 1.29 is 14.3 Å². The second-order valence-corrected chi connectivity index (χ2v) is 9.93. The maximum Gasteiger partial charge on any atom is 0.338 e. The van der Waals surface area contributed by atoms with Gasteiger partial charge in [-0.2, -0.15) is 0 Å².